The predicted octanol–water partition coefficient (Wildman–Crippen LogP) is 3.11. The number of carbonyl (C=O) groups excluding carboxylic acids is 1. The Morgan fingerprint density at radius 1 is 1.33 bits per heavy atom. The Bertz CT molecular complexity index is 855. The summed E-state index contributed by atoms with van der Waals surface area (Å²) >= 11 is 0. The molecule has 2 aliphatic rings. The molecule has 0 amide bonds. The van der Waals surface area contributed by atoms with E-state index in [-0.39, 0.29) is 18.5 Å². The minimum atomic E-state index is -0.621. The van der Waals surface area contributed by atoms with Gasteiger partial charge < -0.3 is 19.3 Å². The number of carbonyl (C=O) groups is 1. The van der Waals surface area contributed by atoms with Crippen LogP contribution in [0.15, 0.2) is 24.4 Å². The molecule has 5 heteroatoms. The van der Waals surface area contributed by atoms with Crippen molar-refractivity contribution < 1.29 is 14.6 Å². The summed E-state index contributed by atoms with van der Waals surface area (Å²) in [5, 5.41) is 10.8. The summed E-state index contributed by atoms with van der Waals surface area (Å²) in [6.07, 6.45) is 3.55. The number of ether oxygens (including phenoxy) is 1. The second kappa shape index (κ2) is 6.95. The predicted molar refractivity (Wildman–Crippen MR) is 106 cm³/mol. The Hall–Kier alpha value is -1.85. The molecular formula is C22H30N2O3. The molecule has 1 aliphatic heterocycles. The smallest absolute Gasteiger partial charge is 0.310 e. The standard InChI is InChI=1S/C22H30N2O3/c1-13(2)24-11-15-9-20-18(17-6-5-7-19(24)21(15)17)8-16(10-23(20)4)22(26)27-12-14(3)25/h5-7,11,13-14,16,18,20,25H,8-10,12H2,1-4H3/t14?,16-,18-,20-/m1/s1. The van der Waals surface area contributed by atoms with Crippen LogP contribution in [-0.2, 0) is 16.0 Å². The summed E-state index contributed by atoms with van der Waals surface area (Å²) in [6.45, 7) is 6.88. The van der Waals surface area contributed by atoms with Crippen LogP contribution in [0, 0.1) is 5.92 Å². The lowest BCUT2D eigenvalue weighted by Gasteiger charge is -2.44. The number of aromatic nitrogens is 1. The van der Waals surface area contributed by atoms with E-state index in [1.54, 1.807) is 6.92 Å². The molecule has 2 aromatic rings. The van der Waals surface area contributed by atoms with Gasteiger partial charge in [0.05, 0.1) is 12.0 Å². The van der Waals surface area contributed by atoms with Crippen LogP contribution in [0.2, 0.25) is 0 Å². The van der Waals surface area contributed by atoms with Crippen LogP contribution in [0.4, 0.5) is 0 Å². The maximum atomic E-state index is 12.5. The molecule has 1 unspecified atom stereocenters. The third-order valence-corrected chi connectivity index (χ3v) is 6.23. The third kappa shape index (κ3) is 3.17. The molecule has 0 bridgehead atoms. The van der Waals surface area contributed by atoms with Gasteiger partial charge >= 0.3 is 5.97 Å². The molecule has 0 saturated carbocycles. The molecule has 1 saturated heterocycles. The van der Waals surface area contributed by atoms with Gasteiger partial charge in [-0.1, -0.05) is 12.1 Å². The number of fused-ring (bicyclic) bond motifs is 2. The van der Waals surface area contributed by atoms with Crippen LogP contribution in [0.25, 0.3) is 10.9 Å². The van der Waals surface area contributed by atoms with E-state index in [2.05, 4.69) is 54.8 Å². The lowest BCUT2D eigenvalue weighted by atomic mass is 9.72. The number of aliphatic hydroxyl groups excluding tert-OH is 1. The molecule has 4 atom stereocenters. The fourth-order valence-corrected chi connectivity index (χ4v) is 4.99. The number of hydrogen-bond donors (Lipinski definition) is 1. The highest BCUT2D eigenvalue weighted by Crippen LogP contribution is 2.45. The SMILES string of the molecule is CC(O)COC(=O)[C@@H]1C[C@@H]2c3cccc4c3c(cn4C(C)C)C[C@H]2N(C)C1. The number of benzene rings is 1. The van der Waals surface area contributed by atoms with Gasteiger partial charge in [-0.3, -0.25) is 4.79 Å². The van der Waals surface area contributed by atoms with Gasteiger partial charge in [-0.2, -0.15) is 0 Å². The second-order valence-corrected chi connectivity index (χ2v) is 8.63. The normalized spacial score (nSPS) is 26.2. The molecule has 0 radical (unpaired) electrons. The van der Waals surface area contributed by atoms with Gasteiger partial charge in [0.2, 0.25) is 0 Å². The molecule has 1 aliphatic carbocycles. The Morgan fingerprint density at radius 2 is 2.11 bits per heavy atom. The number of piperidine rings is 1. The molecule has 27 heavy (non-hydrogen) atoms. The molecule has 5 nitrogen and oxygen atoms in total. The highest BCUT2D eigenvalue weighted by molar-refractivity contribution is 5.89. The number of nitrogens with zero attached hydrogens (tertiary/aromatic N) is 2. The molecule has 146 valence electrons. The molecular weight excluding hydrogens is 340 g/mol. The number of likely N-dealkylation sites (tertiary alicyclic amines) is 1. The van der Waals surface area contributed by atoms with Crippen LogP contribution in [0.3, 0.4) is 0 Å². The van der Waals surface area contributed by atoms with E-state index < -0.39 is 6.10 Å². The second-order valence-electron chi connectivity index (χ2n) is 8.63. The van der Waals surface area contributed by atoms with E-state index >= 15 is 0 Å². The molecule has 1 fully saturated rings. The third-order valence-electron chi connectivity index (χ3n) is 6.23. The molecule has 1 aromatic heterocycles. The number of likely N-dealkylation sites (N-methyl/N-ethyl adjacent to an activating group) is 1. The number of hydrogen-bond acceptors (Lipinski definition) is 4. The zero-order valence-electron chi connectivity index (χ0n) is 16.7. The summed E-state index contributed by atoms with van der Waals surface area (Å²) in [5.41, 5.74) is 4.10. The van der Waals surface area contributed by atoms with Gasteiger partial charge in [-0.05, 0) is 57.9 Å². The number of rotatable bonds is 4. The van der Waals surface area contributed by atoms with Crippen molar-refractivity contribution in [2.24, 2.45) is 5.92 Å². The van der Waals surface area contributed by atoms with Gasteiger partial charge in [0, 0.05) is 41.6 Å². The highest BCUT2D eigenvalue weighted by atomic mass is 16.5. The maximum Gasteiger partial charge on any atom is 0.310 e. The van der Waals surface area contributed by atoms with Crippen LogP contribution in [0.5, 0.6) is 0 Å². The zero-order chi connectivity index (χ0) is 19.3. The van der Waals surface area contributed by atoms with E-state index in [4.69, 9.17) is 4.74 Å². The number of esters is 1. The molecule has 1 N–H and O–H groups in total. The molecule has 1 aromatic carbocycles. The highest BCUT2D eigenvalue weighted by Gasteiger charge is 2.42. The van der Waals surface area contributed by atoms with E-state index in [1.165, 1.54) is 22.0 Å². The van der Waals surface area contributed by atoms with Crippen molar-refractivity contribution in [2.75, 3.05) is 20.2 Å². The topological polar surface area (TPSA) is 54.7 Å². The van der Waals surface area contributed by atoms with Crippen LogP contribution in [-0.4, -0.2) is 52.9 Å². The minimum Gasteiger partial charge on any atom is -0.463 e. The first-order valence-corrected chi connectivity index (χ1v) is 10.0. The lowest BCUT2D eigenvalue weighted by Crippen LogP contribution is -2.49. The van der Waals surface area contributed by atoms with Crippen LogP contribution >= 0.6 is 0 Å². The Balaban J connectivity index is 1.68. The van der Waals surface area contributed by atoms with E-state index in [0.717, 1.165) is 19.4 Å². The fraction of sp³-hybridized carbons (Fsp3) is 0.591. The van der Waals surface area contributed by atoms with E-state index in [9.17, 15) is 9.90 Å². The van der Waals surface area contributed by atoms with Gasteiger partial charge in [0.25, 0.3) is 0 Å². The lowest BCUT2D eigenvalue weighted by molar-refractivity contribution is -0.154. The van der Waals surface area contributed by atoms with E-state index in [1.807, 2.05) is 0 Å². The van der Waals surface area contributed by atoms with Crippen molar-refractivity contribution in [1.29, 1.82) is 0 Å². The quantitative estimate of drug-likeness (QED) is 0.841. The number of aliphatic hydroxyl groups is 1. The van der Waals surface area contributed by atoms with Crippen molar-refractivity contribution in [3.63, 3.8) is 0 Å². The fourth-order valence-electron chi connectivity index (χ4n) is 4.99. The summed E-state index contributed by atoms with van der Waals surface area (Å²) in [7, 11) is 2.12. The Morgan fingerprint density at radius 3 is 2.81 bits per heavy atom. The summed E-state index contributed by atoms with van der Waals surface area (Å²) in [5.74, 6) is 0.0185. The van der Waals surface area contributed by atoms with Crippen molar-refractivity contribution in [2.45, 2.75) is 57.7 Å². The van der Waals surface area contributed by atoms with E-state index in [0.29, 0.717) is 18.0 Å². The van der Waals surface area contributed by atoms with Crippen molar-refractivity contribution >= 4 is 16.9 Å². The first-order valence-electron chi connectivity index (χ1n) is 10.0. The molecule has 2 heterocycles. The summed E-state index contributed by atoms with van der Waals surface area (Å²) in [4.78, 5) is 14.9. The molecule has 4 rings (SSSR count). The zero-order valence-corrected chi connectivity index (χ0v) is 16.7. The maximum absolute atomic E-state index is 12.5. The Kier molecular flexibility index (Phi) is 4.77. The minimum absolute atomic E-state index is 0.0735. The Labute approximate surface area is 160 Å². The monoisotopic (exact) mass is 370 g/mol. The first-order chi connectivity index (χ1) is 12.9. The van der Waals surface area contributed by atoms with Gasteiger partial charge in [0.1, 0.15) is 6.61 Å². The summed E-state index contributed by atoms with van der Waals surface area (Å²) < 4.78 is 7.70. The van der Waals surface area contributed by atoms with Crippen molar-refractivity contribution in [1.82, 2.24) is 9.47 Å². The first kappa shape index (κ1) is 18.5. The van der Waals surface area contributed by atoms with Crippen molar-refractivity contribution in [3.05, 3.63) is 35.5 Å². The van der Waals surface area contributed by atoms with Crippen LogP contribution < -0.4 is 0 Å². The van der Waals surface area contributed by atoms with Gasteiger partial charge in [0.15, 0.2) is 0 Å². The average Bonchev–Trinajstić information content (AvgIpc) is 3.01. The largest absolute Gasteiger partial charge is 0.463 e. The van der Waals surface area contributed by atoms with Crippen molar-refractivity contribution in [3.8, 4) is 0 Å². The van der Waals surface area contributed by atoms with Crippen LogP contribution in [0.1, 0.15) is 50.3 Å². The van der Waals surface area contributed by atoms with Gasteiger partial charge in [-0.25, -0.2) is 0 Å². The molecule has 0 spiro atoms. The average molecular weight is 370 g/mol. The summed E-state index contributed by atoms with van der Waals surface area (Å²) in [6, 6.07) is 7.45. The van der Waals surface area contributed by atoms with Gasteiger partial charge in [-0.15, -0.1) is 0 Å².